The van der Waals surface area contributed by atoms with Gasteiger partial charge in [0, 0.05) is 22.9 Å². The number of anilines is 1. The number of nitrogens with one attached hydrogen (secondary N) is 1. The molecule has 0 bridgehead atoms. The molecule has 4 aromatic rings. The average molecular weight is 456 g/mol. The highest BCUT2D eigenvalue weighted by Crippen LogP contribution is 2.37. The molecule has 1 saturated carbocycles. The van der Waals surface area contributed by atoms with Gasteiger partial charge < -0.3 is 19.7 Å². The first-order valence-electron chi connectivity index (χ1n) is 11.3. The number of ether oxygens (including phenoxy) is 1. The summed E-state index contributed by atoms with van der Waals surface area (Å²) in [5.74, 6) is 0.354. The molecule has 1 aromatic heterocycles. The first-order valence-corrected chi connectivity index (χ1v) is 11.3. The second-order valence-electron chi connectivity index (χ2n) is 8.51. The van der Waals surface area contributed by atoms with Gasteiger partial charge in [0.15, 0.2) is 0 Å². The zero-order valence-electron chi connectivity index (χ0n) is 18.8. The molecule has 0 spiro atoms. The zero-order chi connectivity index (χ0) is 23.7. The first-order chi connectivity index (χ1) is 16.5. The van der Waals surface area contributed by atoms with Gasteiger partial charge >= 0.3 is 5.97 Å². The van der Waals surface area contributed by atoms with Crippen LogP contribution in [0.25, 0.3) is 22.4 Å². The van der Waals surface area contributed by atoms with Crippen molar-refractivity contribution in [3.8, 4) is 17.1 Å². The van der Waals surface area contributed by atoms with Crippen LogP contribution in [0.15, 0.2) is 66.7 Å². The van der Waals surface area contributed by atoms with Gasteiger partial charge in [-0.1, -0.05) is 25.0 Å². The fourth-order valence-electron chi connectivity index (χ4n) is 4.62. The summed E-state index contributed by atoms with van der Waals surface area (Å²) in [5, 5.41) is 12.3. The Labute approximate surface area is 197 Å². The number of fused-ring (bicyclic) bond motifs is 1. The Morgan fingerprint density at radius 1 is 0.971 bits per heavy atom. The van der Waals surface area contributed by atoms with E-state index in [2.05, 4.69) is 9.88 Å². The van der Waals surface area contributed by atoms with Crippen molar-refractivity contribution in [2.75, 3.05) is 12.4 Å². The lowest BCUT2D eigenvalue weighted by atomic mass is 10.1. The number of carboxylic acids is 1. The van der Waals surface area contributed by atoms with Crippen molar-refractivity contribution < 1.29 is 19.4 Å². The molecule has 1 aliphatic carbocycles. The lowest BCUT2D eigenvalue weighted by Gasteiger charge is -2.17. The summed E-state index contributed by atoms with van der Waals surface area (Å²) < 4.78 is 7.39. The molecule has 0 aliphatic heterocycles. The number of aromatic nitrogens is 2. The van der Waals surface area contributed by atoms with Gasteiger partial charge in [0.2, 0.25) is 0 Å². The van der Waals surface area contributed by atoms with Crippen LogP contribution >= 0.6 is 0 Å². The van der Waals surface area contributed by atoms with E-state index in [4.69, 9.17) is 9.72 Å². The van der Waals surface area contributed by atoms with Gasteiger partial charge in [-0.05, 0) is 67.4 Å². The first kappa shape index (κ1) is 21.7. The molecule has 1 heterocycles. The molecule has 0 atom stereocenters. The maximum atomic E-state index is 12.7. The van der Waals surface area contributed by atoms with Gasteiger partial charge in [-0.15, -0.1) is 0 Å². The van der Waals surface area contributed by atoms with E-state index in [9.17, 15) is 14.7 Å². The third-order valence-electron chi connectivity index (χ3n) is 6.38. The molecule has 0 unspecified atom stereocenters. The number of imidazole rings is 1. The third kappa shape index (κ3) is 4.12. The van der Waals surface area contributed by atoms with E-state index < -0.39 is 5.97 Å². The Morgan fingerprint density at radius 3 is 2.29 bits per heavy atom. The summed E-state index contributed by atoms with van der Waals surface area (Å²) in [6, 6.07) is 20.0. The van der Waals surface area contributed by atoms with Crippen LogP contribution in [-0.4, -0.2) is 33.6 Å². The van der Waals surface area contributed by atoms with Gasteiger partial charge in [-0.3, -0.25) is 4.79 Å². The number of hydrogen-bond donors (Lipinski definition) is 2. The number of hydrogen-bond acceptors (Lipinski definition) is 4. The van der Waals surface area contributed by atoms with E-state index in [1.807, 2.05) is 18.2 Å². The van der Waals surface area contributed by atoms with Crippen molar-refractivity contribution in [3.05, 3.63) is 77.9 Å². The van der Waals surface area contributed by atoms with Crippen LogP contribution in [0.2, 0.25) is 0 Å². The van der Waals surface area contributed by atoms with Crippen LogP contribution in [-0.2, 0) is 0 Å². The molecule has 7 heteroatoms. The number of carboxylic acid groups (broad SMARTS) is 1. The van der Waals surface area contributed by atoms with E-state index >= 15 is 0 Å². The molecule has 5 rings (SSSR count). The Kier molecular flexibility index (Phi) is 5.76. The monoisotopic (exact) mass is 455 g/mol. The molecular formula is C27H25N3O4. The average Bonchev–Trinajstić information content (AvgIpc) is 3.52. The number of methoxy groups -OCH3 is 1. The van der Waals surface area contributed by atoms with Crippen LogP contribution in [0.3, 0.4) is 0 Å². The summed E-state index contributed by atoms with van der Waals surface area (Å²) in [5.41, 5.74) is 3.95. The predicted molar refractivity (Wildman–Crippen MR) is 131 cm³/mol. The maximum absolute atomic E-state index is 12.7. The number of aromatic carboxylic acids is 1. The summed E-state index contributed by atoms with van der Waals surface area (Å²) in [6.45, 7) is 0. The molecule has 2 N–H and O–H groups in total. The Hall–Kier alpha value is -4.13. The van der Waals surface area contributed by atoms with Crippen LogP contribution in [0, 0.1) is 0 Å². The quantitative estimate of drug-likeness (QED) is 0.385. The molecule has 3 aromatic carbocycles. The smallest absolute Gasteiger partial charge is 0.335 e. The molecule has 1 fully saturated rings. The van der Waals surface area contributed by atoms with E-state index in [0.29, 0.717) is 22.8 Å². The Morgan fingerprint density at radius 2 is 1.65 bits per heavy atom. The van der Waals surface area contributed by atoms with Crippen LogP contribution < -0.4 is 10.1 Å². The molecule has 34 heavy (non-hydrogen) atoms. The Bertz CT molecular complexity index is 1350. The fourth-order valence-corrected chi connectivity index (χ4v) is 4.62. The van der Waals surface area contributed by atoms with Crippen molar-refractivity contribution in [2.45, 2.75) is 31.7 Å². The summed E-state index contributed by atoms with van der Waals surface area (Å²) in [6.07, 6.45) is 4.48. The fraction of sp³-hybridized carbons (Fsp3) is 0.222. The minimum Gasteiger partial charge on any atom is -0.497 e. The third-order valence-corrected chi connectivity index (χ3v) is 6.38. The highest BCUT2D eigenvalue weighted by molar-refractivity contribution is 6.04. The number of rotatable bonds is 6. The van der Waals surface area contributed by atoms with Gasteiger partial charge in [0.1, 0.15) is 11.6 Å². The standard InChI is InChI=1S/C27H25N3O4/c1-34-22-13-11-20(12-14-22)28-26(31)18-8-6-17(7-9-18)25-29-23-16-19(27(32)33)10-15-24(23)30(25)21-4-2-3-5-21/h6-16,21H,2-5H2,1H3,(H,28,31)(H,32,33). The Balaban J connectivity index is 1.46. The SMILES string of the molecule is COc1ccc(NC(=O)c2ccc(-c3nc4cc(C(=O)O)ccc4n3C3CCCC3)cc2)cc1. The second kappa shape index (κ2) is 9.02. The highest BCUT2D eigenvalue weighted by atomic mass is 16.5. The number of benzene rings is 3. The predicted octanol–water partition coefficient (Wildman–Crippen LogP) is 5.78. The largest absolute Gasteiger partial charge is 0.497 e. The van der Waals surface area contributed by atoms with Crippen LogP contribution in [0.5, 0.6) is 5.75 Å². The minimum absolute atomic E-state index is 0.202. The van der Waals surface area contributed by atoms with Gasteiger partial charge in [0.05, 0.1) is 23.7 Å². The van der Waals surface area contributed by atoms with Crippen molar-refractivity contribution in [1.29, 1.82) is 0 Å². The second-order valence-corrected chi connectivity index (χ2v) is 8.51. The lowest BCUT2D eigenvalue weighted by Crippen LogP contribution is -2.12. The topological polar surface area (TPSA) is 93.4 Å². The van der Waals surface area contributed by atoms with E-state index in [0.717, 1.165) is 35.5 Å². The van der Waals surface area contributed by atoms with E-state index in [-0.39, 0.29) is 11.5 Å². The molecule has 0 saturated heterocycles. The number of carbonyl (C=O) groups excluding carboxylic acids is 1. The number of nitrogens with zero attached hydrogens (tertiary/aromatic N) is 2. The molecule has 0 radical (unpaired) electrons. The molecule has 7 nitrogen and oxygen atoms in total. The van der Waals surface area contributed by atoms with Crippen molar-refractivity contribution >= 4 is 28.6 Å². The minimum atomic E-state index is -0.967. The molecular weight excluding hydrogens is 430 g/mol. The molecule has 172 valence electrons. The van der Waals surface area contributed by atoms with E-state index in [1.54, 1.807) is 55.6 Å². The highest BCUT2D eigenvalue weighted by Gasteiger charge is 2.24. The van der Waals surface area contributed by atoms with Crippen LogP contribution in [0.1, 0.15) is 52.4 Å². The molecule has 1 aliphatic rings. The normalized spacial score (nSPS) is 13.8. The lowest BCUT2D eigenvalue weighted by molar-refractivity contribution is 0.0696. The number of amides is 1. The van der Waals surface area contributed by atoms with E-state index in [1.165, 1.54) is 12.8 Å². The zero-order valence-corrected chi connectivity index (χ0v) is 18.8. The van der Waals surface area contributed by atoms with Gasteiger partial charge in [-0.25, -0.2) is 9.78 Å². The van der Waals surface area contributed by atoms with Crippen molar-refractivity contribution in [1.82, 2.24) is 9.55 Å². The molecule has 1 amide bonds. The summed E-state index contributed by atoms with van der Waals surface area (Å²) >= 11 is 0. The van der Waals surface area contributed by atoms with Crippen molar-refractivity contribution in [3.63, 3.8) is 0 Å². The summed E-state index contributed by atoms with van der Waals surface area (Å²) in [4.78, 5) is 29.0. The van der Waals surface area contributed by atoms with Crippen LogP contribution in [0.4, 0.5) is 5.69 Å². The number of carbonyl (C=O) groups is 2. The van der Waals surface area contributed by atoms with Gasteiger partial charge in [0.25, 0.3) is 5.91 Å². The van der Waals surface area contributed by atoms with Gasteiger partial charge in [-0.2, -0.15) is 0 Å². The maximum Gasteiger partial charge on any atom is 0.335 e. The summed E-state index contributed by atoms with van der Waals surface area (Å²) in [7, 11) is 1.60. The van der Waals surface area contributed by atoms with Crippen molar-refractivity contribution in [2.24, 2.45) is 0 Å².